The van der Waals surface area contributed by atoms with E-state index in [1.165, 1.54) is 11.8 Å². The molecule has 178 valence electrons. The first kappa shape index (κ1) is 24.1. The SMILES string of the molecule is N#Cc1c(-c2ccccc2)cc(-c2ccccc2)nc1SCC(=O)N(c1ccccc1)c1ccccc1. The first-order valence-corrected chi connectivity index (χ1v) is 12.8. The second-order valence-electron chi connectivity index (χ2n) is 8.27. The normalized spacial score (nSPS) is 10.5. The van der Waals surface area contributed by atoms with Crippen LogP contribution in [0.15, 0.2) is 132 Å². The number of para-hydroxylation sites is 2. The van der Waals surface area contributed by atoms with Gasteiger partial charge in [0, 0.05) is 22.5 Å². The molecule has 5 aromatic rings. The number of carbonyl (C=O) groups excluding carboxylic acids is 1. The molecule has 37 heavy (non-hydrogen) atoms. The van der Waals surface area contributed by atoms with Crippen molar-refractivity contribution < 1.29 is 4.79 Å². The molecule has 1 heterocycles. The van der Waals surface area contributed by atoms with Gasteiger partial charge in [-0.1, -0.05) is 109 Å². The Hall–Kier alpha value is -4.66. The van der Waals surface area contributed by atoms with E-state index in [4.69, 9.17) is 4.98 Å². The predicted octanol–water partition coefficient (Wildman–Crippen LogP) is 7.74. The van der Waals surface area contributed by atoms with E-state index in [0.29, 0.717) is 10.6 Å². The van der Waals surface area contributed by atoms with E-state index in [9.17, 15) is 10.1 Å². The molecule has 1 amide bonds. The van der Waals surface area contributed by atoms with Gasteiger partial charge in [-0.05, 0) is 35.9 Å². The number of benzene rings is 4. The maximum atomic E-state index is 13.6. The Labute approximate surface area is 220 Å². The number of hydrogen-bond donors (Lipinski definition) is 0. The molecule has 0 fully saturated rings. The molecule has 0 saturated heterocycles. The number of carbonyl (C=O) groups is 1. The van der Waals surface area contributed by atoms with E-state index in [0.717, 1.165) is 33.8 Å². The average Bonchev–Trinajstić information content (AvgIpc) is 2.97. The first-order valence-electron chi connectivity index (χ1n) is 11.9. The zero-order valence-electron chi connectivity index (χ0n) is 20.0. The molecule has 0 aliphatic rings. The fourth-order valence-electron chi connectivity index (χ4n) is 4.12. The van der Waals surface area contributed by atoms with E-state index in [1.54, 1.807) is 4.90 Å². The van der Waals surface area contributed by atoms with Crippen LogP contribution in [0.4, 0.5) is 11.4 Å². The first-order chi connectivity index (χ1) is 18.2. The van der Waals surface area contributed by atoms with E-state index in [2.05, 4.69) is 6.07 Å². The highest BCUT2D eigenvalue weighted by Gasteiger charge is 2.21. The number of rotatable bonds is 7. The van der Waals surface area contributed by atoms with Gasteiger partial charge in [0.2, 0.25) is 5.91 Å². The van der Waals surface area contributed by atoms with Crippen molar-refractivity contribution in [3.63, 3.8) is 0 Å². The Balaban J connectivity index is 1.53. The summed E-state index contributed by atoms with van der Waals surface area (Å²) in [6, 6.07) is 43.2. The van der Waals surface area contributed by atoms with Gasteiger partial charge in [0.15, 0.2) is 0 Å². The minimum atomic E-state index is -0.0977. The van der Waals surface area contributed by atoms with Crippen molar-refractivity contribution in [3.8, 4) is 28.5 Å². The van der Waals surface area contributed by atoms with Crippen LogP contribution in [0.25, 0.3) is 22.4 Å². The van der Waals surface area contributed by atoms with Crippen LogP contribution >= 0.6 is 11.8 Å². The van der Waals surface area contributed by atoms with Crippen molar-refractivity contribution in [1.82, 2.24) is 4.98 Å². The van der Waals surface area contributed by atoms with Crippen LogP contribution < -0.4 is 4.90 Å². The second-order valence-corrected chi connectivity index (χ2v) is 9.23. The lowest BCUT2D eigenvalue weighted by Crippen LogP contribution is -2.27. The van der Waals surface area contributed by atoms with Crippen LogP contribution in [0.2, 0.25) is 0 Å². The summed E-state index contributed by atoms with van der Waals surface area (Å²) in [4.78, 5) is 20.2. The third-order valence-corrected chi connectivity index (χ3v) is 6.82. The number of thioether (sulfide) groups is 1. The van der Waals surface area contributed by atoms with E-state index >= 15 is 0 Å². The molecule has 4 aromatic carbocycles. The minimum Gasteiger partial charge on any atom is -0.280 e. The lowest BCUT2D eigenvalue weighted by atomic mass is 9.99. The van der Waals surface area contributed by atoms with Crippen LogP contribution in [-0.4, -0.2) is 16.6 Å². The number of aromatic nitrogens is 1. The van der Waals surface area contributed by atoms with Gasteiger partial charge in [-0.25, -0.2) is 4.98 Å². The lowest BCUT2D eigenvalue weighted by molar-refractivity contribution is -0.115. The Morgan fingerprint density at radius 2 is 1.22 bits per heavy atom. The zero-order chi connectivity index (χ0) is 25.5. The largest absolute Gasteiger partial charge is 0.280 e. The molecular weight excluding hydrogens is 474 g/mol. The molecule has 0 aliphatic carbocycles. The third-order valence-electron chi connectivity index (χ3n) is 5.86. The molecule has 0 aliphatic heterocycles. The molecule has 1 aromatic heterocycles. The molecule has 0 atom stereocenters. The number of amides is 1. The van der Waals surface area contributed by atoms with Crippen molar-refractivity contribution in [1.29, 1.82) is 5.26 Å². The summed E-state index contributed by atoms with van der Waals surface area (Å²) in [5, 5.41) is 10.7. The highest BCUT2D eigenvalue weighted by Crippen LogP contribution is 2.35. The zero-order valence-corrected chi connectivity index (χ0v) is 20.8. The predicted molar refractivity (Wildman–Crippen MR) is 151 cm³/mol. The summed E-state index contributed by atoms with van der Waals surface area (Å²) in [7, 11) is 0. The van der Waals surface area contributed by atoms with E-state index in [1.807, 2.05) is 127 Å². The molecule has 0 unspecified atom stereocenters. The summed E-state index contributed by atoms with van der Waals surface area (Å²) in [6.07, 6.45) is 0. The topological polar surface area (TPSA) is 57.0 Å². The van der Waals surface area contributed by atoms with Gasteiger partial charge < -0.3 is 0 Å². The Bertz CT molecular complexity index is 1490. The molecule has 0 bridgehead atoms. The molecule has 5 rings (SSSR count). The average molecular weight is 498 g/mol. The van der Waals surface area contributed by atoms with Crippen molar-refractivity contribution in [3.05, 3.63) is 133 Å². The van der Waals surface area contributed by atoms with Gasteiger partial charge in [0.05, 0.1) is 17.0 Å². The van der Waals surface area contributed by atoms with Crippen LogP contribution in [0.5, 0.6) is 0 Å². The Morgan fingerprint density at radius 1 is 0.730 bits per heavy atom. The van der Waals surface area contributed by atoms with Crippen molar-refractivity contribution in [2.75, 3.05) is 10.7 Å². The number of anilines is 2. The number of nitriles is 1. The minimum absolute atomic E-state index is 0.0977. The summed E-state index contributed by atoms with van der Waals surface area (Å²) < 4.78 is 0. The Kier molecular flexibility index (Phi) is 7.40. The quantitative estimate of drug-likeness (QED) is 0.216. The monoisotopic (exact) mass is 497 g/mol. The fraction of sp³-hybridized carbons (Fsp3) is 0.0312. The molecule has 4 nitrogen and oxygen atoms in total. The molecule has 0 spiro atoms. The number of nitrogens with zero attached hydrogens (tertiary/aromatic N) is 3. The summed E-state index contributed by atoms with van der Waals surface area (Å²) in [5.74, 6) is 0.0252. The van der Waals surface area contributed by atoms with Crippen molar-refractivity contribution in [2.24, 2.45) is 0 Å². The van der Waals surface area contributed by atoms with Gasteiger partial charge in [0.25, 0.3) is 0 Å². The fourth-order valence-corrected chi connectivity index (χ4v) is 4.97. The Morgan fingerprint density at radius 3 is 1.73 bits per heavy atom. The van der Waals surface area contributed by atoms with Crippen LogP contribution in [0, 0.1) is 11.3 Å². The smallest absolute Gasteiger partial charge is 0.241 e. The van der Waals surface area contributed by atoms with E-state index < -0.39 is 0 Å². The molecule has 5 heteroatoms. The second kappa shape index (κ2) is 11.4. The number of pyridine rings is 1. The van der Waals surface area contributed by atoms with Crippen LogP contribution in [0.1, 0.15) is 5.56 Å². The molecular formula is C32H23N3OS. The van der Waals surface area contributed by atoms with E-state index in [-0.39, 0.29) is 11.7 Å². The molecule has 0 saturated carbocycles. The maximum absolute atomic E-state index is 13.6. The summed E-state index contributed by atoms with van der Waals surface area (Å²) in [5.41, 5.74) is 5.49. The standard InChI is InChI=1S/C32H23N3OS/c33-22-29-28(24-13-5-1-6-14-24)21-30(25-15-7-2-8-16-25)34-32(29)37-23-31(36)35(26-17-9-3-10-18-26)27-19-11-4-12-20-27/h1-21H,23H2. The number of hydrogen-bond acceptors (Lipinski definition) is 4. The molecule has 0 N–H and O–H groups in total. The highest BCUT2D eigenvalue weighted by atomic mass is 32.2. The highest BCUT2D eigenvalue weighted by molar-refractivity contribution is 8.00. The molecule has 0 radical (unpaired) electrons. The third kappa shape index (κ3) is 5.45. The van der Waals surface area contributed by atoms with Gasteiger partial charge in [-0.15, -0.1) is 0 Å². The maximum Gasteiger partial charge on any atom is 0.241 e. The summed E-state index contributed by atoms with van der Waals surface area (Å²) in [6.45, 7) is 0. The van der Waals surface area contributed by atoms with Crippen LogP contribution in [-0.2, 0) is 4.79 Å². The lowest BCUT2D eigenvalue weighted by Gasteiger charge is -2.23. The van der Waals surface area contributed by atoms with Gasteiger partial charge in [0.1, 0.15) is 11.1 Å². The van der Waals surface area contributed by atoms with Gasteiger partial charge in [-0.2, -0.15) is 5.26 Å². The van der Waals surface area contributed by atoms with Crippen LogP contribution in [0.3, 0.4) is 0 Å². The summed E-state index contributed by atoms with van der Waals surface area (Å²) >= 11 is 1.29. The van der Waals surface area contributed by atoms with Gasteiger partial charge in [-0.3, -0.25) is 9.69 Å². The van der Waals surface area contributed by atoms with Crippen molar-refractivity contribution >= 4 is 29.0 Å². The van der Waals surface area contributed by atoms with Gasteiger partial charge >= 0.3 is 0 Å². The van der Waals surface area contributed by atoms with Crippen molar-refractivity contribution in [2.45, 2.75) is 5.03 Å².